The van der Waals surface area contributed by atoms with E-state index in [1.807, 2.05) is 13.2 Å². The van der Waals surface area contributed by atoms with Crippen LogP contribution in [0.1, 0.15) is 19.8 Å². The molecule has 152 valence electrons. The molecule has 1 N–H and O–H groups in total. The Morgan fingerprint density at radius 1 is 1.41 bits per heavy atom. The van der Waals surface area contributed by atoms with Gasteiger partial charge in [0.2, 0.25) is 5.91 Å². The molecule has 1 aromatic rings. The van der Waals surface area contributed by atoms with E-state index >= 15 is 0 Å². The smallest absolute Gasteiger partial charge is 0.246 e. The number of hydrogen-bond donors (Lipinski definition) is 1. The minimum absolute atomic E-state index is 0. The highest BCUT2D eigenvalue weighted by Gasteiger charge is 2.33. The van der Waals surface area contributed by atoms with Crippen molar-refractivity contribution in [3.63, 3.8) is 0 Å². The number of halogens is 1. The van der Waals surface area contributed by atoms with Gasteiger partial charge in [0.25, 0.3) is 0 Å². The first-order chi connectivity index (χ1) is 12.5. The number of likely N-dealkylation sites (N-methyl/N-ethyl adjacent to an activating group) is 1. The third kappa shape index (κ3) is 5.56. The number of piperazine rings is 1. The van der Waals surface area contributed by atoms with Gasteiger partial charge in [-0.15, -0.1) is 24.0 Å². The Kier molecular flexibility index (Phi) is 7.90. The van der Waals surface area contributed by atoms with E-state index in [1.54, 1.807) is 15.8 Å². The van der Waals surface area contributed by atoms with Crippen LogP contribution in [0, 0.1) is 5.92 Å². The molecule has 8 nitrogen and oxygen atoms in total. The molecule has 27 heavy (non-hydrogen) atoms. The summed E-state index contributed by atoms with van der Waals surface area (Å²) < 4.78 is 1.72. The van der Waals surface area contributed by atoms with Crippen molar-refractivity contribution < 1.29 is 4.79 Å². The largest absolute Gasteiger partial charge is 0.357 e. The van der Waals surface area contributed by atoms with Crippen molar-refractivity contribution >= 4 is 41.5 Å². The zero-order chi connectivity index (χ0) is 18.7. The molecule has 0 radical (unpaired) electrons. The molecular weight excluding hydrogens is 457 g/mol. The number of aliphatic imine (C=N–C) groups is 1. The normalized spacial score (nSPS) is 19.3. The highest BCUT2D eigenvalue weighted by atomic mass is 127. The second-order valence-corrected chi connectivity index (χ2v) is 7.40. The van der Waals surface area contributed by atoms with Crippen LogP contribution in [0.2, 0.25) is 0 Å². The number of nitrogens with one attached hydrogen (secondary N) is 1. The Bertz CT molecular complexity index is 654. The lowest BCUT2D eigenvalue weighted by Crippen LogP contribution is -2.55. The van der Waals surface area contributed by atoms with Gasteiger partial charge in [0.15, 0.2) is 5.96 Å². The molecular formula is C18H32IN7O. The van der Waals surface area contributed by atoms with E-state index in [0.717, 1.165) is 37.2 Å². The number of hydrogen-bond acceptors (Lipinski definition) is 4. The molecule has 1 atom stereocenters. The van der Waals surface area contributed by atoms with Crippen LogP contribution < -0.4 is 10.2 Å². The number of carbonyl (C=O) groups is 1. The van der Waals surface area contributed by atoms with Crippen molar-refractivity contribution in [1.29, 1.82) is 0 Å². The van der Waals surface area contributed by atoms with Crippen molar-refractivity contribution in [2.75, 3.05) is 51.7 Å². The van der Waals surface area contributed by atoms with Crippen molar-refractivity contribution in [2.24, 2.45) is 18.0 Å². The van der Waals surface area contributed by atoms with Crippen LogP contribution in [0.25, 0.3) is 0 Å². The Balaban J connectivity index is 0.00000261. The van der Waals surface area contributed by atoms with E-state index in [1.165, 1.54) is 12.8 Å². The fourth-order valence-corrected chi connectivity index (χ4v) is 3.50. The van der Waals surface area contributed by atoms with Crippen LogP contribution in [0.3, 0.4) is 0 Å². The Labute approximate surface area is 179 Å². The maximum absolute atomic E-state index is 12.6. The monoisotopic (exact) mass is 489 g/mol. The summed E-state index contributed by atoms with van der Waals surface area (Å²) in [5.74, 6) is 1.70. The van der Waals surface area contributed by atoms with Crippen molar-refractivity contribution in [3.8, 4) is 0 Å². The van der Waals surface area contributed by atoms with Gasteiger partial charge >= 0.3 is 0 Å². The first-order valence-corrected chi connectivity index (χ1v) is 9.48. The third-order valence-corrected chi connectivity index (χ3v) is 5.12. The molecule has 1 aromatic heterocycles. The first kappa shape index (κ1) is 21.9. The lowest BCUT2D eigenvalue weighted by Gasteiger charge is -2.35. The summed E-state index contributed by atoms with van der Waals surface area (Å²) in [7, 11) is 6.12. The fourth-order valence-electron chi connectivity index (χ4n) is 3.50. The average Bonchev–Trinajstić information content (AvgIpc) is 3.34. The number of guanidine groups is 1. The standard InChI is InChI=1S/C18H31N7O.HI/c1-5-19-18(20-11-16(22(2)3)14-6-7-14)24-8-9-25(17(26)13-24)15-10-21-23(4)12-15;/h10,12,14,16H,5-9,11,13H2,1-4H3,(H,19,20);1H. The molecule has 1 aliphatic heterocycles. The number of anilines is 1. The van der Waals surface area contributed by atoms with Gasteiger partial charge in [-0.25, -0.2) is 0 Å². The van der Waals surface area contributed by atoms with E-state index in [2.05, 4.69) is 41.2 Å². The van der Waals surface area contributed by atoms with Gasteiger partial charge in [0.05, 0.1) is 18.4 Å². The van der Waals surface area contributed by atoms with Gasteiger partial charge in [-0.1, -0.05) is 0 Å². The molecule has 0 spiro atoms. The quantitative estimate of drug-likeness (QED) is 0.367. The summed E-state index contributed by atoms with van der Waals surface area (Å²) in [5.41, 5.74) is 0.862. The zero-order valence-corrected chi connectivity index (χ0v) is 19.1. The molecule has 1 saturated heterocycles. The van der Waals surface area contributed by atoms with Gasteiger partial charge < -0.3 is 20.0 Å². The van der Waals surface area contributed by atoms with Gasteiger partial charge in [-0.3, -0.25) is 14.5 Å². The van der Waals surface area contributed by atoms with E-state index < -0.39 is 0 Å². The fraction of sp³-hybridized carbons (Fsp3) is 0.722. The van der Waals surface area contributed by atoms with Crippen LogP contribution in [-0.2, 0) is 11.8 Å². The summed E-state index contributed by atoms with van der Waals surface area (Å²) in [4.78, 5) is 23.7. The molecule has 1 unspecified atom stereocenters. The van der Waals surface area contributed by atoms with E-state index in [4.69, 9.17) is 4.99 Å². The number of aromatic nitrogens is 2. The second-order valence-electron chi connectivity index (χ2n) is 7.40. The van der Waals surface area contributed by atoms with Crippen LogP contribution >= 0.6 is 24.0 Å². The SMILES string of the molecule is CCNC(=NCC(C1CC1)N(C)C)N1CCN(c2cnn(C)c2)C(=O)C1.I. The lowest BCUT2D eigenvalue weighted by molar-refractivity contribution is -0.120. The molecule has 1 amide bonds. The Morgan fingerprint density at radius 3 is 2.67 bits per heavy atom. The third-order valence-electron chi connectivity index (χ3n) is 5.12. The maximum atomic E-state index is 12.6. The highest BCUT2D eigenvalue weighted by molar-refractivity contribution is 14.0. The maximum Gasteiger partial charge on any atom is 0.246 e. The highest BCUT2D eigenvalue weighted by Crippen LogP contribution is 2.34. The Morgan fingerprint density at radius 2 is 2.15 bits per heavy atom. The summed E-state index contributed by atoms with van der Waals surface area (Å²) >= 11 is 0. The van der Waals surface area contributed by atoms with Crippen molar-refractivity contribution in [2.45, 2.75) is 25.8 Å². The van der Waals surface area contributed by atoms with Crippen molar-refractivity contribution in [1.82, 2.24) is 24.9 Å². The predicted molar refractivity (Wildman–Crippen MR) is 119 cm³/mol. The predicted octanol–water partition coefficient (Wildman–Crippen LogP) is 0.992. The van der Waals surface area contributed by atoms with Crippen molar-refractivity contribution in [3.05, 3.63) is 12.4 Å². The molecule has 2 aliphatic rings. The first-order valence-electron chi connectivity index (χ1n) is 9.48. The van der Waals surface area contributed by atoms with Crippen LogP contribution in [0.5, 0.6) is 0 Å². The molecule has 0 bridgehead atoms. The van der Waals surface area contributed by atoms with Gasteiger partial charge in [0, 0.05) is 38.9 Å². The van der Waals surface area contributed by atoms with E-state index in [-0.39, 0.29) is 29.9 Å². The van der Waals surface area contributed by atoms with Crippen LogP contribution in [0.4, 0.5) is 5.69 Å². The van der Waals surface area contributed by atoms with Crippen LogP contribution in [0.15, 0.2) is 17.4 Å². The summed E-state index contributed by atoms with van der Waals surface area (Å²) in [6.07, 6.45) is 6.22. The van der Waals surface area contributed by atoms with E-state index in [0.29, 0.717) is 19.1 Å². The molecule has 0 aromatic carbocycles. The molecule has 9 heteroatoms. The summed E-state index contributed by atoms with van der Waals surface area (Å²) in [5, 5.41) is 7.52. The number of carbonyl (C=O) groups excluding carboxylic acids is 1. The van der Waals surface area contributed by atoms with Gasteiger partial charge in [-0.05, 0) is 39.8 Å². The molecule has 1 aliphatic carbocycles. The number of rotatable bonds is 6. The second kappa shape index (κ2) is 9.72. The van der Waals surface area contributed by atoms with Gasteiger partial charge in [0.1, 0.15) is 6.54 Å². The average molecular weight is 489 g/mol. The number of aryl methyl sites for hydroxylation is 1. The van der Waals surface area contributed by atoms with E-state index in [9.17, 15) is 4.79 Å². The lowest BCUT2D eigenvalue weighted by atomic mass is 10.2. The molecule has 2 fully saturated rings. The van der Waals surface area contributed by atoms with Gasteiger partial charge in [-0.2, -0.15) is 5.10 Å². The minimum atomic E-state index is 0. The topological polar surface area (TPSA) is 69.0 Å². The molecule has 3 rings (SSSR count). The van der Waals surface area contributed by atoms with Crippen LogP contribution in [-0.4, -0.2) is 84.3 Å². The zero-order valence-electron chi connectivity index (χ0n) is 16.8. The number of amides is 1. The molecule has 2 heterocycles. The minimum Gasteiger partial charge on any atom is -0.357 e. The Hall–Kier alpha value is -1.36. The number of nitrogens with zero attached hydrogens (tertiary/aromatic N) is 6. The summed E-state index contributed by atoms with van der Waals surface area (Å²) in [6.45, 7) is 5.39. The summed E-state index contributed by atoms with van der Waals surface area (Å²) in [6, 6.07) is 0.482. The molecule has 1 saturated carbocycles.